The van der Waals surface area contributed by atoms with Gasteiger partial charge in [0, 0.05) is 5.46 Å². The van der Waals surface area contributed by atoms with Crippen LogP contribution < -0.4 is 10.2 Å². The Kier molecular flexibility index (Phi) is 3.57. The molecule has 0 saturated carbocycles. The van der Waals surface area contributed by atoms with E-state index in [2.05, 4.69) is 6.07 Å². The lowest BCUT2D eigenvalue weighted by atomic mass is 9.76. The maximum Gasteiger partial charge on any atom is 0.498 e. The van der Waals surface area contributed by atoms with Crippen molar-refractivity contribution < 1.29 is 14.0 Å². The average Bonchev–Trinajstić information content (AvgIpc) is 2.57. The van der Waals surface area contributed by atoms with Crippen LogP contribution >= 0.6 is 0 Å². The van der Waals surface area contributed by atoms with Gasteiger partial charge in [0.15, 0.2) is 0 Å². The van der Waals surface area contributed by atoms with Gasteiger partial charge in [-0.15, -0.1) is 0 Å². The highest BCUT2D eigenvalue weighted by Gasteiger charge is 2.52. The predicted octanol–water partition coefficient (Wildman–Crippen LogP) is 2.17. The van der Waals surface area contributed by atoms with Crippen molar-refractivity contribution >= 4 is 12.6 Å². The van der Waals surface area contributed by atoms with E-state index >= 15 is 0 Å². The van der Waals surface area contributed by atoms with Crippen LogP contribution in [0.2, 0.25) is 0 Å². The normalized spacial score (nSPS) is 19.8. The molecule has 1 saturated heterocycles. The van der Waals surface area contributed by atoms with Crippen molar-refractivity contribution in [3.05, 3.63) is 23.3 Å². The SMILES string of the molecule is COc1c(C)cc(C#N)cc1B1OC(C)(C)C(C)(C)O1. The Hall–Kier alpha value is -1.51. The van der Waals surface area contributed by atoms with Gasteiger partial charge >= 0.3 is 7.12 Å². The first-order valence-corrected chi connectivity index (χ1v) is 6.66. The molecule has 0 aliphatic carbocycles. The van der Waals surface area contributed by atoms with Crippen molar-refractivity contribution in [1.29, 1.82) is 5.26 Å². The standard InChI is InChI=1S/C15H20BNO3/c1-10-7-11(9-17)8-12(13(10)18-6)16-19-14(2,3)15(4,5)20-16/h7-8H,1-6H3. The summed E-state index contributed by atoms with van der Waals surface area (Å²) in [5, 5.41) is 9.13. The van der Waals surface area contributed by atoms with E-state index in [-0.39, 0.29) is 0 Å². The van der Waals surface area contributed by atoms with E-state index in [9.17, 15) is 0 Å². The summed E-state index contributed by atoms with van der Waals surface area (Å²) in [6.45, 7) is 9.91. The molecule has 1 aromatic carbocycles. The molecule has 5 heteroatoms. The minimum atomic E-state index is -0.526. The summed E-state index contributed by atoms with van der Waals surface area (Å²) in [5.74, 6) is 0.711. The van der Waals surface area contributed by atoms with Crippen LogP contribution in [0.5, 0.6) is 5.75 Å². The van der Waals surface area contributed by atoms with Crippen LogP contribution in [0.3, 0.4) is 0 Å². The Balaban J connectivity index is 2.49. The van der Waals surface area contributed by atoms with Gasteiger partial charge in [0.25, 0.3) is 0 Å². The molecule has 1 aliphatic heterocycles. The molecule has 20 heavy (non-hydrogen) atoms. The van der Waals surface area contributed by atoms with Crippen molar-refractivity contribution in [2.75, 3.05) is 7.11 Å². The van der Waals surface area contributed by atoms with Crippen LogP contribution in [-0.4, -0.2) is 25.4 Å². The molecule has 0 unspecified atom stereocenters. The molecule has 106 valence electrons. The minimum Gasteiger partial charge on any atom is -0.497 e. The van der Waals surface area contributed by atoms with Gasteiger partial charge < -0.3 is 14.0 Å². The van der Waals surface area contributed by atoms with Gasteiger partial charge in [0.2, 0.25) is 0 Å². The fraction of sp³-hybridized carbons (Fsp3) is 0.533. The summed E-state index contributed by atoms with van der Waals surface area (Å²) < 4.78 is 17.5. The van der Waals surface area contributed by atoms with E-state index in [1.165, 1.54) is 0 Å². The molecule has 0 spiro atoms. The molecule has 1 fully saturated rings. The predicted molar refractivity (Wildman–Crippen MR) is 78.2 cm³/mol. The van der Waals surface area contributed by atoms with Gasteiger partial charge in [-0.2, -0.15) is 5.26 Å². The second kappa shape index (κ2) is 4.80. The maximum atomic E-state index is 9.13. The summed E-state index contributed by atoms with van der Waals surface area (Å²) in [6.07, 6.45) is 0. The molecular weight excluding hydrogens is 253 g/mol. The van der Waals surface area contributed by atoms with Crippen LogP contribution in [0.25, 0.3) is 0 Å². The zero-order valence-electron chi connectivity index (χ0n) is 12.9. The minimum absolute atomic E-state index is 0.417. The fourth-order valence-corrected chi connectivity index (χ4v) is 2.29. The summed E-state index contributed by atoms with van der Waals surface area (Å²) in [5.41, 5.74) is 1.41. The van der Waals surface area contributed by atoms with E-state index in [0.29, 0.717) is 11.3 Å². The van der Waals surface area contributed by atoms with Gasteiger partial charge in [0.1, 0.15) is 5.75 Å². The molecule has 4 nitrogen and oxygen atoms in total. The number of hydrogen-bond donors (Lipinski definition) is 0. The fourth-order valence-electron chi connectivity index (χ4n) is 2.29. The number of aryl methyl sites for hydroxylation is 1. The van der Waals surface area contributed by atoms with Crippen molar-refractivity contribution in [2.45, 2.75) is 45.8 Å². The van der Waals surface area contributed by atoms with Crippen LogP contribution in [-0.2, 0) is 9.31 Å². The number of benzene rings is 1. The number of ether oxygens (including phenoxy) is 1. The van der Waals surface area contributed by atoms with Crippen molar-refractivity contribution in [3.63, 3.8) is 0 Å². The van der Waals surface area contributed by atoms with Crippen molar-refractivity contribution in [1.82, 2.24) is 0 Å². The number of methoxy groups -OCH3 is 1. The van der Waals surface area contributed by atoms with Crippen molar-refractivity contribution in [3.8, 4) is 11.8 Å². The molecular formula is C15H20BNO3. The van der Waals surface area contributed by atoms with Gasteiger partial charge in [-0.25, -0.2) is 0 Å². The monoisotopic (exact) mass is 273 g/mol. The molecule has 0 atom stereocenters. The van der Waals surface area contributed by atoms with E-state index in [0.717, 1.165) is 11.0 Å². The summed E-state index contributed by atoms with van der Waals surface area (Å²) >= 11 is 0. The zero-order chi connectivity index (χ0) is 15.1. The van der Waals surface area contributed by atoms with E-state index in [1.54, 1.807) is 19.2 Å². The molecule has 0 N–H and O–H groups in total. The largest absolute Gasteiger partial charge is 0.498 e. The van der Waals surface area contributed by atoms with E-state index in [4.69, 9.17) is 19.3 Å². The Morgan fingerprint density at radius 1 is 1.15 bits per heavy atom. The molecule has 2 rings (SSSR count). The lowest BCUT2D eigenvalue weighted by Crippen LogP contribution is -2.41. The number of rotatable bonds is 2. The third-order valence-electron chi connectivity index (χ3n) is 4.14. The smallest absolute Gasteiger partial charge is 0.497 e. The maximum absolute atomic E-state index is 9.13. The zero-order valence-corrected chi connectivity index (χ0v) is 12.9. The summed E-state index contributed by atoms with van der Waals surface area (Å²) in [6, 6.07) is 5.73. The lowest BCUT2D eigenvalue weighted by molar-refractivity contribution is 0.00578. The molecule has 1 aliphatic rings. The van der Waals surface area contributed by atoms with Gasteiger partial charge in [0.05, 0.1) is 29.9 Å². The molecule has 0 amide bonds. The lowest BCUT2D eigenvalue weighted by Gasteiger charge is -2.32. The first-order chi connectivity index (χ1) is 9.21. The highest BCUT2D eigenvalue weighted by atomic mass is 16.7. The molecule has 0 bridgehead atoms. The number of nitriles is 1. The Labute approximate surface area is 120 Å². The van der Waals surface area contributed by atoms with Crippen LogP contribution in [0.1, 0.15) is 38.8 Å². The van der Waals surface area contributed by atoms with Crippen molar-refractivity contribution in [2.24, 2.45) is 0 Å². The highest BCUT2D eigenvalue weighted by Crippen LogP contribution is 2.37. The number of hydrogen-bond acceptors (Lipinski definition) is 4. The quantitative estimate of drug-likeness (QED) is 0.775. The van der Waals surface area contributed by atoms with Gasteiger partial charge in [-0.3, -0.25) is 0 Å². The molecule has 0 radical (unpaired) electrons. The van der Waals surface area contributed by atoms with Crippen LogP contribution in [0.4, 0.5) is 0 Å². The topological polar surface area (TPSA) is 51.5 Å². The van der Waals surface area contributed by atoms with Crippen LogP contribution in [0.15, 0.2) is 12.1 Å². The third-order valence-corrected chi connectivity index (χ3v) is 4.14. The molecule has 0 aromatic heterocycles. The van der Waals surface area contributed by atoms with E-state index in [1.807, 2.05) is 34.6 Å². The summed E-state index contributed by atoms with van der Waals surface area (Å²) in [7, 11) is 1.09. The number of nitrogens with zero attached hydrogens (tertiary/aromatic N) is 1. The molecule has 1 heterocycles. The van der Waals surface area contributed by atoms with Gasteiger partial charge in [-0.1, -0.05) is 0 Å². The second-order valence-corrected chi connectivity index (χ2v) is 6.12. The van der Waals surface area contributed by atoms with E-state index < -0.39 is 18.3 Å². The average molecular weight is 273 g/mol. The van der Waals surface area contributed by atoms with Gasteiger partial charge in [-0.05, 0) is 52.3 Å². The summed E-state index contributed by atoms with van der Waals surface area (Å²) in [4.78, 5) is 0. The molecule has 1 aromatic rings. The third kappa shape index (κ3) is 2.30. The Morgan fingerprint density at radius 2 is 1.70 bits per heavy atom. The first kappa shape index (κ1) is 14.9. The Morgan fingerprint density at radius 3 is 2.15 bits per heavy atom. The van der Waals surface area contributed by atoms with Crippen LogP contribution in [0, 0.1) is 18.3 Å². The highest BCUT2D eigenvalue weighted by molar-refractivity contribution is 6.63. The second-order valence-electron chi connectivity index (χ2n) is 6.12. The Bertz CT molecular complexity index is 559. The first-order valence-electron chi connectivity index (χ1n) is 6.66.